The number of aliphatic hydroxyl groups is 1. The molecule has 1 aromatic carbocycles. The summed E-state index contributed by atoms with van der Waals surface area (Å²) in [6.45, 7) is 4.18. The lowest BCUT2D eigenvalue weighted by Crippen LogP contribution is -2.45. The summed E-state index contributed by atoms with van der Waals surface area (Å²) >= 11 is 0. The molecule has 0 saturated carbocycles. The van der Waals surface area contributed by atoms with Crippen LogP contribution in [0.5, 0.6) is 0 Å². The van der Waals surface area contributed by atoms with E-state index in [0.29, 0.717) is 17.6 Å². The molecule has 2 heterocycles. The summed E-state index contributed by atoms with van der Waals surface area (Å²) in [5.74, 6) is 0.743. The molecular formula is C19H25N5O2. The number of rotatable bonds is 5. The lowest BCUT2D eigenvalue weighted by Gasteiger charge is -2.21. The zero-order valence-electron chi connectivity index (χ0n) is 15.6. The van der Waals surface area contributed by atoms with Gasteiger partial charge in [0, 0.05) is 19.5 Å². The standard InChI is InChI=1S/C19H25N5O2/c1-12(2)7-15(11-25)21-19-22-16(18(26)23(19)3)9-13-5-6-17-14(8-13)10-20-24(17)4/h5-6,8-10,12,15,25H,7,11H2,1-4H3,(H,21,22)/b16-9-. The van der Waals surface area contributed by atoms with Crippen molar-refractivity contribution in [1.29, 1.82) is 0 Å². The number of nitrogens with one attached hydrogen (secondary N) is 1. The van der Waals surface area contributed by atoms with Crippen molar-refractivity contribution in [3.05, 3.63) is 35.7 Å². The molecule has 1 amide bonds. The highest BCUT2D eigenvalue weighted by atomic mass is 16.3. The molecule has 1 aliphatic rings. The Morgan fingerprint density at radius 1 is 1.31 bits per heavy atom. The topological polar surface area (TPSA) is 82.7 Å². The van der Waals surface area contributed by atoms with Crippen LogP contribution in [0.15, 0.2) is 35.1 Å². The number of carbonyl (C=O) groups excluding carboxylic acids is 1. The van der Waals surface area contributed by atoms with E-state index in [1.807, 2.05) is 29.9 Å². The molecule has 7 nitrogen and oxygen atoms in total. The van der Waals surface area contributed by atoms with Crippen LogP contribution in [-0.2, 0) is 11.8 Å². The summed E-state index contributed by atoms with van der Waals surface area (Å²) in [5.41, 5.74) is 2.31. The maximum absolute atomic E-state index is 12.5. The molecule has 0 fully saturated rings. The van der Waals surface area contributed by atoms with Gasteiger partial charge in [0.25, 0.3) is 5.91 Å². The Morgan fingerprint density at radius 3 is 2.77 bits per heavy atom. The third-order valence-corrected chi connectivity index (χ3v) is 4.45. The van der Waals surface area contributed by atoms with Crippen LogP contribution in [0.25, 0.3) is 17.0 Å². The number of guanidine groups is 1. The van der Waals surface area contributed by atoms with Crippen molar-refractivity contribution in [2.45, 2.75) is 26.3 Å². The van der Waals surface area contributed by atoms with Gasteiger partial charge in [-0.15, -0.1) is 0 Å². The molecule has 0 saturated heterocycles. The van der Waals surface area contributed by atoms with Crippen molar-refractivity contribution in [3.8, 4) is 0 Å². The highest BCUT2D eigenvalue weighted by Crippen LogP contribution is 2.20. The zero-order chi connectivity index (χ0) is 18.8. The third kappa shape index (κ3) is 3.62. The number of benzene rings is 1. The van der Waals surface area contributed by atoms with E-state index in [4.69, 9.17) is 0 Å². The van der Waals surface area contributed by atoms with Crippen molar-refractivity contribution in [2.24, 2.45) is 18.0 Å². The Bertz CT molecular complexity index is 881. The van der Waals surface area contributed by atoms with Gasteiger partial charge in [-0.3, -0.25) is 14.4 Å². The van der Waals surface area contributed by atoms with Gasteiger partial charge in [0.2, 0.25) is 5.96 Å². The van der Waals surface area contributed by atoms with E-state index in [-0.39, 0.29) is 18.6 Å². The van der Waals surface area contributed by atoms with Crippen LogP contribution >= 0.6 is 0 Å². The summed E-state index contributed by atoms with van der Waals surface area (Å²) < 4.78 is 1.81. The number of aromatic nitrogens is 2. The molecule has 2 aromatic rings. The molecule has 26 heavy (non-hydrogen) atoms. The minimum atomic E-state index is -0.167. The number of aliphatic hydroxyl groups excluding tert-OH is 1. The number of likely N-dealkylation sites (N-methyl/N-ethyl adjacent to an activating group) is 1. The van der Waals surface area contributed by atoms with Crippen LogP contribution in [0.2, 0.25) is 0 Å². The Hall–Kier alpha value is -2.67. The van der Waals surface area contributed by atoms with Gasteiger partial charge in [0.05, 0.1) is 24.4 Å². The number of fused-ring (bicyclic) bond motifs is 1. The van der Waals surface area contributed by atoms with E-state index < -0.39 is 0 Å². The summed E-state index contributed by atoms with van der Waals surface area (Å²) in [5, 5.41) is 18.0. The van der Waals surface area contributed by atoms with Crippen molar-refractivity contribution in [1.82, 2.24) is 20.0 Å². The van der Waals surface area contributed by atoms with Crippen molar-refractivity contribution in [3.63, 3.8) is 0 Å². The lowest BCUT2D eigenvalue weighted by molar-refractivity contribution is -0.121. The maximum Gasteiger partial charge on any atom is 0.279 e. The molecule has 138 valence electrons. The molecule has 7 heteroatoms. The van der Waals surface area contributed by atoms with Crippen LogP contribution in [-0.4, -0.2) is 51.4 Å². The molecule has 0 bridgehead atoms. The predicted molar refractivity (Wildman–Crippen MR) is 102 cm³/mol. The molecule has 0 spiro atoms. The molecule has 1 aromatic heterocycles. The van der Waals surface area contributed by atoms with Crippen LogP contribution in [0, 0.1) is 5.92 Å². The number of hydrogen-bond acceptors (Lipinski definition) is 5. The molecule has 1 unspecified atom stereocenters. The van der Waals surface area contributed by atoms with Crippen LogP contribution in [0.4, 0.5) is 0 Å². The van der Waals surface area contributed by atoms with Crippen LogP contribution in [0.3, 0.4) is 0 Å². The average molecular weight is 355 g/mol. The third-order valence-electron chi connectivity index (χ3n) is 4.45. The smallest absolute Gasteiger partial charge is 0.279 e. The maximum atomic E-state index is 12.5. The van der Waals surface area contributed by atoms with E-state index in [1.165, 1.54) is 4.90 Å². The van der Waals surface area contributed by atoms with Gasteiger partial charge in [-0.25, -0.2) is 4.99 Å². The van der Waals surface area contributed by atoms with Gasteiger partial charge in [-0.2, -0.15) is 5.10 Å². The van der Waals surface area contributed by atoms with Gasteiger partial charge < -0.3 is 10.4 Å². The SMILES string of the molecule is CC(C)CC(CO)NC1=N/C(=C\c2ccc3c(cnn3C)c2)C(=O)N1C. The molecule has 3 rings (SSSR count). The molecule has 2 N–H and O–H groups in total. The van der Waals surface area contributed by atoms with Gasteiger partial charge in [-0.05, 0) is 36.1 Å². The number of nitrogens with zero attached hydrogens (tertiary/aromatic N) is 4. The van der Waals surface area contributed by atoms with Gasteiger partial charge in [0.1, 0.15) is 5.70 Å². The predicted octanol–water partition coefficient (Wildman–Crippen LogP) is 1.74. The summed E-state index contributed by atoms with van der Waals surface area (Å²) in [6, 6.07) is 5.78. The first-order chi connectivity index (χ1) is 12.4. The van der Waals surface area contributed by atoms with E-state index in [9.17, 15) is 9.90 Å². The second-order valence-corrected chi connectivity index (χ2v) is 7.07. The first-order valence-corrected chi connectivity index (χ1v) is 8.76. The minimum absolute atomic E-state index is 0.00402. The van der Waals surface area contributed by atoms with Crippen molar-refractivity contribution in [2.75, 3.05) is 13.7 Å². The van der Waals surface area contributed by atoms with E-state index >= 15 is 0 Å². The Labute approximate surface area is 153 Å². The van der Waals surface area contributed by atoms with Gasteiger partial charge in [-0.1, -0.05) is 19.9 Å². The fraction of sp³-hybridized carbons (Fsp3) is 0.421. The lowest BCUT2D eigenvalue weighted by atomic mass is 10.0. The number of amides is 1. The van der Waals surface area contributed by atoms with Crippen molar-refractivity contribution < 1.29 is 9.90 Å². The summed E-state index contributed by atoms with van der Waals surface area (Å²) in [4.78, 5) is 18.4. The number of hydrogen-bond donors (Lipinski definition) is 2. The fourth-order valence-corrected chi connectivity index (χ4v) is 3.09. The van der Waals surface area contributed by atoms with Crippen LogP contribution in [0.1, 0.15) is 25.8 Å². The van der Waals surface area contributed by atoms with E-state index in [1.54, 1.807) is 19.3 Å². The number of aryl methyl sites for hydroxylation is 1. The molecule has 0 aliphatic carbocycles. The highest BCUT2D eigenvalue weighted by molar-refractivity contribution is 6.13. The number of aliphatic imine (C=N–C) groups is 1. The Morgan fingerprint density at radius 2 is 2.08 bits per heavy atom. The second kappa shape index (κ2) is 7.29. The largest absolute Gasteiger partial charge is 0.394 e. The Balaban J connectivity index is 1.84. The average Bonchev–Trinajstić information content (AvgIpc) is 3.09. The summed E-state index contributed by atoms with van der Waals surface area (Å²) in [6.07, 6.45) is 4.37. The Kier molecular flexibility index (Phi) is 5.08. The van der Waals surface area contributed by atoms with Crippen molar-refractivity contribution >= 4 is 28.8 Å². The molecule has 1 atom stereocenters. The van der Waals surface area contributed by atoms with Gasteiger partial charge in [0.15, 0.2) is 0 Å². The summed E-state index contributed by atoms with van der Waals surface area (Å²) in [7, 11) is 3.58. The molecule has 1 aliphatic heterocycles. The molecule has 0 radical (unpaired) electrons. The molecular weight excluding hydrogens is 330 g/mol. The van der Waals surface area contributed by atoms with E-state index in [2.05, 4.69) is 29.3 Å². The van der Waals surface area contributed by atoms with Crippen LogP contribution < -0.4 is 5.32 Å². The van der Waals surface area contributed by atoms with Gasteiger partial charge >= 0.3 is 0 Å². The minimum Gasteiger partial charge on any atom is -0.394 e. The normalized spacial score (nSPS) is 17.5. The first kappa shape index (κ1) is 18.1. The highest BCUT2D eigenvalue weighted by Gasteiger charge is 2.28. The number of carbonyl (C=O) groups is 1. The zero-order valence-corrected chi connectivity index (χ0v) is 15.6. The monoisotopic (exact) mass is 355 g/mol. The second-order valence-electron chi connectivity index (χ2n) is 7.07. The first-order valence-electron chi connectivity index (χ1n) is 8.76. The van der Waals surface area contributed by atoms with E-state index in [0.717, 1.165) is 22.9 Å². The quantitative estimate of drug-likeness (QED) is 0.801. The fourth-order valence-electron chi connectivity index (χ4n) is 3.09.